The number of carbonyl (C=O) groups excluding carboxylic acids is 1. The number of benzene rings is 2. The molecule has 0 fully saturated rings. The second kappa shape index (κ2) is 7.81. The fraction of sp³-hybridized carbons (Fsp3) is 0.150. The second-order valence-corrected chi connectivity index (χ2v) is 6.94. The first kappa shape index (κ1) is 17.6. The standard InChI is InChI=1S/C20H17N3O2S/c1-13-7-9-15(10-8-13)19-14(2)26-20(23-19)22-18(24)12-25-17-6-4-3-5-16(17)11-21/h3-10H,12H2,1-2H3,(H,22,23,24). The molecule has 130 valence electrons. The molecule has 5 nitrogen and oxygen atoms in total. The van der Waals surface area contributed by atoms with Crippen LogP contribution in [0.3, 0.4) is 0 Å². The van der Waals surface area contributed by atoms with Crippen molar-refractivity contribution in [2.45, 2.75) is 13.8 Å². The topological polar surface area (TPSA) is 75.0 Å². The zero-order valence-electron chi connectivity index (χ0n) is 14.4. The van der Waals surface area contributed by atoms with E-state index in [4.69, 9.17) is 10.00 Å². The third-order valence-corrected chi connectivity index (χ3v) is 4.62. The second-order valence-electron chi connectivity index (χ2n) is 5.73. The van der Waals surface area contributed by atoms with Gasteiger partial charge in [0, 0.05) is 10.4 Å². The molecule has 0 spiro atoms. The van der Waals surface area contributed by atoms with Gasteiger partial charge in [-0.15, -0.1) is 11.3 Å². The molecule has 0 unspecified atom stereocenters. The molecule has 0 saturated heterocycles. The van der Waals surface area contributed by atoms with Crippen LogP contribution >= 0.6 is 11.3 Å². The molecule has 3 rings (SSSR count). The van der Waals surface area contributed by atoms with Crippen LogP contribution in [0, 0.1) is 25.2 Å². The smallest absolute Gasteiger partial charge is 0.264 e. The summed E-state index contributed by atoms with van der Waals surface area (Å²) in [6.45, 7) is 3.83. The van der Waals surface area contributed by atoms with Gasteiger partial charge in [-0.1, -0.05) is 42.0 Å². The highest BCUT2D eigenvalue weighted by molar-refractivity contribution is 7.16. The maximum atomic E-state index is 12.1. The molecule has 0 radical (unpaired) electrons. The number of ether oxygens (including phenoxy) is 1. The lowest BCUT2D eigenvalue weighted by atomic mass is 10.1. The van der Waals surface area contributed by atoms with Crippen molar-refractivity contribution in [2.24, 2.45) is 0 Å². The lowest BCUT2D eigenvalue weighted by Crippen LogP contribution is -2.20. The van der Waals surface area contributed by atoms with Crippen molar-refractivity contribution < 1.29 is 9.53 Å². The van der Waals surface area contributed by atoms with Gasteiger partial charge in [0.25, 0.3) is 5.91 Å². The Kier molecular flexibility index (Phi) is 5.30. The predicted octanol–water partition coefficient (Wildman–Crippen LogP) is 4.32. The van der Waals surface area contributed by atoms with Crippen LogP contribution < -0.4 is 10.1 Å². The minimum atomic E-state index is -0.318. The Balaban J connectivity index is 1.66. The minimum Gasteiger partial charge on any atom is -0.482 e. The summed E-state index contributed by atoms with van der Waals surface area (Å²) in [6, 6.07) is 16.9. The van der Waals surface area contributed by atoms with Crippen LogP contribution in [0.15, 0.2) is 48.5 Å². The first-order valence-corrected chi connectivity index (χ1v) is 8.84. The summed E-state index contributed by atoms with van der Waals surface area (Å²) in [7, 11) is 0. The van der Waals surface area contributed by atoms with Gasteiger partial charge in [-0.05, 0) is 26.0 Å². The zero-order chi connectivity index (χ0) is 18.5. The summed E-state index contributed by atoms with van der Waals surface area (Å²) in [5.74, 6) is 0.0720. The first-order valence-electron chi connectivity index (χ1n) is 8.03. The number of nitrogens with one attached hydrogen (secondary N) is 1. The Morgan fingerprint density at radius 1 is 1.19 bits per heavy atom. The quantitative estimate of drug-likeness (QED) is 0.733. The van der Waals surface area contributed by atoms with Crippen molar-refractivity contribution >= 4 is 22.4 Å². The molecule has 1 aromatic heterocycles. The summed E-state index contributed by atoms with van der Waals surface area (Å²) in [4.78, 5) is 17.7. The number of thiazole rings is 1. The third-order valence-electron chi connectivity index (χ3n) is 3.73. The van der Waals surface area contributed by atoms with Gasteiger partial charge >= 0.3 is 0 Å². The molecule has 26 heavy (non-hydrogen) atoms. The average molecular weight is 363 g/mol. The maximum Gasteiger partial charge on any atom is 0.264 e. The molecule has 0 saturated carbocycles. The highest BCUT2D eigenvalue weighted by Crippen LogP contribution is 2.30. The number of aromatic nitrogens is 1. The van der Waals surface area contributed by atoms with E-state index in [1.807, 2.05) is 44.2 Å². The molecule has 0 bridgehead atoms. The van der Waals surface area contributed by atoms with E-state index in [0.717, 1.165) is 16.1 Å². The summed E-state index contributed by atoms with van der Waals surface area (Å²) in [5.41, 5.74) is 3.46. The Bertz CT molecular complexity index is 971. The fourth-order valence-electron chi connectivity index (χ4n) is 2.41. The number of para-hydroxylation sites is 1. The zero-order valence-corrected chi connectivity index (χ0v) is 15.3. The lowest BCUT2D eigenvalue weighted by Gasteiger charge is -2.06. The third kappa shape index (κ3) is 4.08. The van der Waals surface area contributed by atoms with E-state index >= 15 is 0 Å². The number of nitrogens with zero attached hydrogens (tertiary/aromatic N) is 2. The monoisotopic (exact) mass is 363 g/mol. The summed E-state index contributed by atoms with van der Waals surface area (Å²) in [6.07, 6.45) is 0. The van der Waals surface area contributed by atoms with Gasteiger partial charge in [-0.2, -0.15) is 5.26 Å². The largest absolute Gasteiger partial charge is 0.482 e. The van der Waals surface area contributed by atoms with Crippen LogP contribution in [0.5, 0.6) is 5.75 Å². The summed E-state index contributed by atoms with van der Waals surface area (Å²) >= 11 is 1.42. The van der Waals surface area contributed by atoms with E-state index in [1.165, 1.54) is 16.9 Å². The molecule has 1 N–H and O–H groups in total. The molecule has 0 aliphatic heterocycles. The Hall–Kier alpha value is -3.17. The highest BCUT2D eigenvalue weighted by atomic mass is 32.1. The van der Waals surface area contributed by atoms with Gasteiger partial charge in [0.2, 0.25) is 0 Å². The van der Waals surface area contributed by atoms with E-state index in [9.17, 15) is 4.79 Å². The van der Waals surface area contributed by atoms with Gasteiger partial charge in [-0.25, -0.2) is 4.98 Å². The van der Waals surface area contributed by atoms with Crippen LogP contribution in [0.4, 0.5) is 5.13 Å². The lowest BCUT2D eigenvalue weighted by molar-refractivity contribution is -0.118. The number of aryl methyl sites for hydroxylation is 2. The number of carbonyl (C=O) groups is 1. The molecule has 3 aromatic rings. The normalized spacial score (nSPS) is 10.2. The molecule has 1 amide bonds. The minimum absolute atomic E-state index is 0.183. The van der Waals surface area contributed by atoms with Crippen LogP contribution in [-0.2, 0) is 4.79 Å². The van der Waals surface area contributed by atoms with Crippen LogP contribution in [0.1, 0.15) is 16.0 Å². The van der Waals surface area contributed by atoms with Gasteiger partial charge < -0.3 is 4.74 Å². The van der Waals surface area contributed by atoms with Crippen molar-refractivity contribution in [3.8, 4) is 23.1 Å². The van der Waals surface area contributed by atoms with Gasteiger partial charge in [0.1, 0.15) is 11.8 Å². The molecule has 6 heteroatoms. The van der Waals surface area contributed by atoms with Crippen LogP contribution in [0.2, 0.25) is 0 Å². The van der Waals surface area contributed by atoms with E-state index in [2.05, 4.69) is 10.3 Å². The Morgan fingerprint density at radius 2 is 1.92 bits per heavy atom. The Labute approximate surface area is 155 Å². The number of rotatable bonds is 5. The van der Waals surface area contributed by atoms with Gasteiger partial charge in [0.15, 0.2) is 11.7 Å². The highest BCUT2D eigenvalue weighted by Gasteiger charge is 2.13. The van der Waals surface area contributed by atoms with E-state index in [1.54, 1.807) is 24.3 Å². The summed E-state index contributed by atoms with van der Waals surface area (Å²) < 4.78 is 5.44. The van der Waals surface area contributed by atoms with E-state index in [-0.39, 0.29) is 12.5 Å². The van der Waals surface area contributed by atoms with Crippen molar-refractivity contribution in [3.63, 3.8) is 0 Å². The number of anilines is 1. The summed E-state index contributed by atoms with van der Waals surface area (Å²) in [5, 5.41) is 12.3. The van der Waals surface area contributed by atoms with Gasteiger partial charge in [0.05, 0.1) is 11.3 Å². The number of hydrogen-bond donors (Lipinski definition) is 1. The molecule has 0 atom stereocenters. The van der Waals surface area contributed by atoms with Crippen molar-refractivity contribution in [3.05, 3.63) is 64.5 Å². The first-order chi connectivity index (χ1) is 12.6. The SMILES string of the molecule is Cc1ccc(-c2nc(NC(=O)COc3ccccc3C#N)sc2C)cc1. The molecule has 2 aromatic carbocycles. The molecular weight excluding hydrogens is 346 g/mol. The molecular formula is C20H17N3O2S. The van der Waals surface area contributed by atoms with Crippen molar-refractivity contribution in [1.82, 2.24) is 4.98 Å². The molecule has 1 heterocycles. The predicted molar refractivity (Wildman–Crippen MR) is 102 cm³/mol. The van der Waals surface area contributed by atoms with Crippen LogP contribution in [0.25, 0.3) is 11.3 Å². The average Bonchev–Trinajstić information content (AvgIpc) is 3.01. The molecule has 0 aliphatic rings. The number of nitriles is 1. The van der Waals surface area contributed by atoms with E-state index in [0.29, 0.717) is 16.4 Å². The van der Waals surface area contributed by atoms with Crippen molar-refractivity contribution in [1.29, 1.82) is 5.26 Å². The number of amides is 1. The van der Waals surface area contributed by atoms with Crippen LogP contribution in [-0.4, -0.2) is 17.5 Å². The maximum absolute atomic E-state index is 12.1. The van der Waals surface area contributed by atoms with E-state index < -0.39 is 0 Å². The Morgan fingerprint density at radius 3 is 2.65 bits per heavy atom. The van der Waals surface area contributed by atoms with Crippen molar-refractivity contribution in [2.75, 3.05) is 11.9 Å². The molecule has 0 aliphatic carbocycles. The van der Waals surface area contributed by atoms with Gasteiger partial charge in [-0.3, -0.25) is 10.1 Å². The fourth-order valence-corrected chi connectivity index (χ4v) is 3.26. The number of hydrogen-bond acceptors (Lipinski definition) is 5.